The van der Waals surface area contributed by atoms with Gasteiger partial charge in [0.1, 0.15) is 0 Å². The van der Waals surface area contributed by atoms with Crippen LogP contribution in [-0.2, 0) is 6.54 Å². The maximum atomic E-state index is 5.29. The van der Waals surface area contributed by atoms with Crippen LogP contribution in [0.3, 0.4) is 0 Å². The first kappa shape index (κ1) is 11.5. The number of nitrogens with one attached hydrogen (secondary N) is 1. The predicted molar refractivity (Wildman–Crippen MR) is 73.5 cm³/mol. The summed E-state index contributed by atoms with van der Waals surface area (Å²) >= 11 is 0. The SMILES string of the molecule is c1ccc(CNc2cccc(-c3cnco3)c2)nc1. The van der Waals surface area contributed by atoms with E-state index in [0.29, 0.717) is 6.54 Å². The third-order valence-electron chi connectivity index (χ3n) is 2.78. The molecule has 0 aliphatic rings. The Labute approximate surface area is 111 Å². The Bertz CT molecular complexity index is 636. The normalized spacial score (nSPS) is 10.3. The number of anilines is 1. The lowest BCUT2D eigenvalue weighted by molar-refractivity contribution is 0.572. The average molecular weight is 251 g/mol. The van der Waals surface area contributed by atoms with Crippen LogP contribution >= 0.6 is 0 Å². The standard InChI is InChI=1S/C15H13N3O/c1-2-7-17-14(5-1)9-18-13-6-3-4-12(8-13)15-10-16-11-19-15/h1-8,10-11,18H,9H2. The summed E-state index contributed by atoms with van der Waals surface area (Å²) in [5.74, 6) is 0.765. The van der Waals surface area contributed by atoms with Crippen molar-refractivity contribution in [2.45, 2.75) is 6.54 Å². The van der Waals surface area contributed by atoms with Gasteiger partial charge < -0.3 is 9.73 Å². The minimum atomic E-state index is 0.695. The fraction of sp³-hybridized carbons (Fsp3) is 0.0667. The van der Waals surface area contributed by atoms with Crippen molar-refractivity contribution in [3.63, 3.8) is 0 Å². The molecule has 2 heterocycles. The summed E-state index contributed by atoms with van der Waals surface area (Å²) in [7, 11) is 0. The molecule has 3 rings (SSSR count). The molecule has 0 unspecified atom stereocenters. The van der Waals surface area contributed by atoms with Gasteiger partial charge in [0.05, 0.1) is 18.4 Å². The molecule has 0 saturated carbocycles. The number of pyridine rings is 1. The van der Waals surface area contributed by atoms with E-state index < -0.39 is 0 Å². The van der Waals surface area contributed by atoms with Gasteiger partial charge in [-0.15, -0.1) is 0 Å². The second-order valence-corrected chi connectivity index (χ2v) is 4.12. The van der Waals surface area contributed by atoms with E-state index in [0.717, 1.165) is 22.7 Å². The molecule has 4 nitrogen and oxygen atoms in total. The fourth-order valence-corrected chi connectivity index (χ4v) is 1.84. The molecule has 0 amide bonds. The van der Waals surface area contributed by atoms with Crippen molar-refractivity contribution in [2.24, 2.45) is 0 Å². The largest absolute Gasteiger partial charge is 0.444 e. The second-order valence-electron chi connectivity index (χ2n) is 4.12. The van der Waals surface area contributed by atoms with Crippen LogP contribution < -0.4 is 5.32 Å². The summed E-state index contributed by atoms with van der Waals surface area (Å²) < 4.78 is 5.29. The molecule has 0 atom stereocenters. The van der Waals surface area contributed by atoms with Crippen LogP contribution in [0, 0.1) is 0 Å². The molecule has 0 fully saturated rings. The van der Waals surface area contributed by atoms with Crippen molar-refractivity contribution in [2.75, 3.05) is 5.32 Å². The van der Waals surface area contributed by atoms with Crippen LogP contribution in [0.5, 0.6) is 0 Å². The van der Waals surface area contributed by atoms with Crippen LogP contribution in [0.4, 0.5) is 5.69 Å². The molecule has 0 spiro atoms. The Morgan fingerprint density at radius 3 is 2.89 bits per heavy atom. The molecule has 3 aromatic rings. The lowest BCUT2D eigenvalue weighted by atomic mass is 10.1. The highest BCUT2D eigenvalue weighted by molar-refractivity contribution is 5.63. The van der Waals surface area contributed by atoms with Crippen molar-refractivity contribution in [1.29, 1.82) is 0 Å². The molecule has 1 aromatic carbocycles. The minimum Gasteiger partial charge on any atom is -0.444 e. The van der Waals surface area contributed by atoms with Crippen LogP contribution in [0.15, 0.2) is 65.7 Å². The van der Waals surface area contributed by atoms with Gasteiger partial charge in [0.15, 0.2) is 12.2 Å². The third-order valence-corrected chi connectivity index (χ3v) is 2.78. The molecule has 0 aliphatic heterocycles. The summed E-state index contributed by atoms with van der Waals surface area (Å²) in [6, 6.07) is 13.9. The van der Waals surface area contributed by atoms with Crippen LogP contribution in [0.1, 0.15) is 5.69 Å². The van der Waals surface area contributed by atoms with E-state index in [4.69, 9.17) is 4.42 Å². The number of benzene rings is 1. The second kappa shape index (κ2) is 5.35. The van der Waals surface area contributed by atoms with E-state index in [1.54, 1.807) is 12.4 Å². The predicted octanol–water partition coefficient (Wildman–Crippen LogP) is 3.35. The van der Waals surface area contributed by atoms with E-state index in [2.05, 4.69) is 15.3 Å². The van der Waals surface area contributed by atoms with Crippen molar-refractivity contribution >= 4 is 5.69 Å². The Kier molecular flexibility index (Phi) is 3.23. The van der Waals surface area contributed by atoms with Crippen molar-refractivity contribution in [3.05, 3.63) is 66.9 Å². The lowest BCUT2D eigenvalue weighted by Gasteiger charge is -2.06. The summed E-state index contributed by atoms with van der Waals surface area (Å²) in [6.07, 6.45) is 4.93. The monoisotopic (exact) mass is 251 g/mol. The zero-order valence-electron chi connectivity index (χ0n) is 10.3. The topological polar surface area (TPSA) is 51.0 Å². The highest BCUT2D eigenvalue weighted by atomic mass is 16.3. The lowest BCUT2D eigenvalue weighted by Crippen LogP contribution is -2.00. The third kappa shape index (κ3) is 2.80. The summed E-state index contributed by atoms with van der Waals surface area (Å²) in [5.41, 5.74) is 3.04. The highest BCUT2D eigenvalue weighted by Crippen LogP contribution is 2.22. The Morgan fingerprint density at radius 1 is 1.11 bits per heavy atom. The molecule has 0 aliphatic carbocycles. The van der Waals surface area contributed by atoms with Gasteiger partial charge in [-0.3, -0.25) is 4.98 Å². The smallest absolute Gasteiger partial charge is 0.181 e. The quantitative estimate of drug-likeness (QED) is 0.772. The van der Waals surface area contributed by atoms with Gasteiger partial charge in [-0.1, -0.05) is 18.2 Å². The first-order chi connectivity index (χ1) is 9.42. The van der Waals surface area contributed by atoms with Gasteiger partial charge in [0.25, 0.3) is 0 Å². The van der Waals surface area contributed by atoms with Crippen molar-refractivity contribution in [3.8, 4) is 11.3 Å². The number of oxazole rings is 1. The van der Waals surface area contributed by atoms with E-state index in [1.807, 2.05) is 42.5 Å². The summed E-state index contributed by atoms with van der Waals surface area (Å²) in [5, 5.41) is 3.34. The maximum Gasteiger partial charge on any atom is 0.181 e. The molecule has 2 aromatic heterocycles. The van der Waals surface area contributed by atoms with Gasteiger partial charge >= 0.3 is 0 Å². The molecule has 19 heavy (non-hydrogen) atoms. The Balaban J connectivity index is 1.74. The molecule has 94 valence electrons. The van der Waals surface area contributed by atoms with Crippen LogP contribution in [0.2, 0.25) is 0 Å². The zero-order valence-corrected chi connectivity index (χ0v) is 10.3. The van der Waals surface area contributed by atoms with Crippen LogP contribution in [-0.4, -0.2) is 9.97 Å². The Morgan fingerprint density at radius 2 is 2.11 bits per heavy atom. The molecule has 0 radical (unpaired) electrons. The van der Waals surface area contributed by atoms with E-state index in [-0.39, 0.29) is 0 Å². The van der Waals surface area contributed by atoms with Gasteiger partial charge in [0, 0.05) is 17.4 Å². The number of rotatable bonds is 4. The molecule has 0 bridgehead atoms. The number of hydrogen-bond donors (Lipinski definition) is 1. The fourth-order valence-electron chi connectivity index (χ4n) is 1.84. The van der Waals surface area contributed by atoms with E-state index in [1.165, 1.54) is 6.39 Å². The average Bonchev–Trinajstić information content (AvgIpc) is 3.01. The number of hydrogen-bond acceptors (Lipinski definition) is 4. The van der Waals surface area contributed by atoms with Gasteiger partial charge in [-0.2, -0.15) is 0 Å². The molecular formula is C15H13N3O. The molecule has 4 heteroatoms. The van der Waals surface area contributed by atoms with E-state index >= 15 is 0 Å². The number of aromatic nitrogens is 2. The number of nitrogens with zero attached hydrogens (tertiary/aromatic N) is 2. The summed E-state index contributed by atoms with van der Waals surface area (Å²) in [6.45, 7) is 0.695. The van der Waals surface area contributed by atoms with Crippen LogP contribution in [0.25, 0.3) is 11.3 Å². The van der Waals surface area contributed by atoms with Gasteiger partial charge in [-0.05, 0) is 24.3 Å². The van der Waals surface area contributed by atoms with Crippen molar-refractivity contribution < 1.29 is 4.42 Å². The first-order valence-corrected chi connectivity index (χ1v) is 6.04. The minimum absolute atomic E-state index is 0.695. The van der Waals surface area contributed by atoms with E-state index in [9.17, 15) is 0 Å². The maximum absolute atomic E-state index is 5.29. The zero-order chi connectivity index (χ0) is 12.9. The highest BCUT2D eigenvalue weighted by Gasteiger charge is 2.02. The van der Waals surface area contributed by atoms with Gasteiger partial charge in [-0.25, -0.2) is 4.98 Å². The molecular weight excluding hydrogens is 238 g/mol. The van der Waals surface area contributed by atoms with Gasteiger partial charge in [0.2, 0.25) is 0 Å². The molecule has 1 N–H and O–H groups in total. The molecule has 0 saturated heterocycles. The summed E-state index contributed by atoms with van der Waals surface area (Å²) in [4.78, 5) is 8.20. The Hall–Kier alpha value is -2.62. The van der Waals surface area contributed by atoms with Crippen molar-refractivity contribution in [1.82, 2.24) is 9.97 Å². The first-order valence-electron chi connectivity index (χ1n) is 6.04.